The molecular formula is C25H53NO3. The molecule has 0 fully saturated rings. The van der Waals surface area contributed by atoms with Crippen LogP contribution in [0, 0.1) is 0 Å². The molecule has 0 spiro atoms. The highest BCUT2D eigenvalue weighted by atomic mass is 16.4. The summed E-state index contributed by atoms with van der Waals surface area (Å²) in [4.78, 5) is 9.34. The van der Waals surface area contributed by atoms with Gasteiger partial charge in [-0.05, 0) is 32.6 Å². The number of carboxylic acid groups (broad SMARTS) is 1. The van der Waals surface area contributed by atoms with Crippen LogP contribution in [0.1, 0.15) is 124 Å². The van der Waals surface area contributed by atoms with E-state index in [9.17, 15) is 9.90 Å². The second-order valence-electron chi connectivity index (χ2n) is 9.33. The summed E-state index contributed by atoms with van der Waals surface area (Å²) in [6.07, 6.45) is 21.7. The minimum atomic E-state index is -1.44. The summed E-state index contributed by atoms with van der Waals surface area (Å²) >= 11 is 0. The Morgan fingerprint density at radius 2 is 0.931 bits per heavy atom. The molecule has 0 aliphatic rings. The molecule has 0 heterocycles. The average Bonchev–Trinajstić information content (AvgIpc) is 2.66. The molecule has 0 radical (unpaired) electrons. The predicted molar refractivity (Wildman–Crippen MR) is 124 cm³/mol. The van der Waals surface area contributed by atoms with Gasteiger partial charge in [0.1, 0.15) is 0 Å². The molecular weight excluding hydrogens is 362 g/mol. The van der Waals surface area contributed by atoms with Crippen LogP contribution < -0.4 is 5.11 Å². The Labute approximate surface area is 182 Å². The first-order chi connectivity index (χ1) is 13.8. The van der Waals surface area contributed by atoms with E-state index in [-0.39, 0.29) is 0 Å². The van der Waals surface area contributed by atoms with Crippen molar-refractivity contribution in [3.63, 3.8) is 0 Å². The van der Waals surface area contributed by atoms with Gasteiger partial charge in [0.15, 0.2) is 0 Å². The lowest BCUT2D eigenvalue weighted by Gasteiger charge is -2.30. The van der Waals surface area contributed by atoms with Gasteiger partial charge in [-0.2, -0.15) is 0 Å². The second kappa shape index (κ2) is 22.1. The number of nitrogens with zero attached hydrogens (tertiary/aromatic N) is 1. The van der Waals surface area contributed by atoms with Crippen molar-refractivity contribution in [1.29, 1.82) is 0 Å². The number of carboxylic acids is 1. The summed E-state index contributed by atoms with van der Waals surface area (Å²) < 4.78 is 1.24. The van der Waals surface area contributed by atoms with E-state index in [2.05, 4.69) is 27.9 Å². The Balaban J connectivity index is 0. The minimum Gasteiger partial charge on any atom is -0.547 e. The number of hydrogen-bond donors (Lipinski definition) is 1. The standard InChI is InChI=1S/C22H48N.C3H6O3/c1-5-7-9-11-13-15-17-19-21-23(3,4)22-20-18-16-14-12-10-8-6-2;1-2(4)3(5)6/h5-22H2,1-4H3;2,4H,1H3,(H,5,6)/q+1;/p-1/t;2-/m.1/s1. The maximum atomic E-state index is 9.34. The number of hydrogen-bond acceptors (Lipinski definition) is 3. The third-order valence-electron chi connectivity index (χ3n) is 5.58. The quantitative estimate of drug-likeness (QED) is 0.225. The fraction of sp³-hybridized carbons (Fsp3) is 0.960. The Morgan fingerprint density at radius 1 is 0.690 bits per heavy atom. The molecule has 0 amide bonds. The molecule has 0 aromatic heterocycles. The van der Waals surface area contributed by atoms with Crippen LogP contribution in [0.4, 0.5) is 0 Å². The topological polar surface area (TPSA) is 60.4 Å². The Morgan fingerprint density at radius 3 is 1.17 bits per heavy atom. The fourth-order valence-electron chi connectivity index (χ4n) is 3.46. The van der Waals surface area contributed by atoms with Crippen LogP contribution in [-0.4, -0.2) is 48.8 Å². The normalized spacial score (nSPS) is 12.3. The van der Waals surface area contributed by atoms with Gasteiger partial charge >= 0.3 is 0 Å². The van der Waals surface area contributed by atoms with Crippen molar-refractivity contribution in [2.24, 2.45) is 0 Å². The summed E-state index contributed by atoms with van der Waals surface area (Å²) in [5.74, 6) is -1.44. The summed E-state index contributed by atoms with van der Waals surface area (Å²) in [6, 6.07) is 0. The van der Waals surface area contributed by atoms with E-state index >= 15 is 0 Å². The molecule has 0 rings (SSSR count). The van der Waals surface area contributed by atoms with E-state index in [1.165, 1.54) is 120 Å². The first-order valence-electron chi connectivity index (χ1n) is 12.5. The Kier molecular flexibility index (Phi) is 23.3. The zero-order valence-corrected chi connectivity index (χ0v) is 20.5. The molecule has 0 saturated heterocycles. The zero-order valence-electron chi connectivity index (χ0n) is 20.5. The fourth-order valence-corrected chi connectivity index (χ4v) is 3.46. The van der Waals surface area contributed by atoms with Crippen molar-refractivity contribution < 1.29 is 19.5 Å². The van der Waals surface area contributed by atoms with Crippen LogP contribution in [0.3, 0.4) is 0 Å². The van der Waals surface area contributed by atoms with E-state index in [1.807, 2.05) is 0 Å². The lowest BCUT2D eigenvalue weighted by atomic mass is 10.1. The van der Waals surface area contributed by atoms with E-state index < -0.39 is 12.1 Å². The van der Waals surface area contributed by atoms with Gasteiger partial charge in [-0.15, -0.1) is 0 Å². The third-order valence-corrected chi connectivity index (χ3v) is 5.58. The van der Waals surface area contributed by atoms with Gasteiger partial charge < -0.3 is 19.5 Å². The summed E-state index contributed by atoms with van der Waals surface area (Å²) in [7, 11) is 4.87. The molecule has 0 unspecified atom stereocenters. The molecule has 29 heavy (non-hydrogen) atoms. The van der Waals surface area contributed by atoms with E-state index in [1.54, 1.807) is 0 Å². The molecule has 0 aromatic carbocycles. The highest BCUT2D eigenvalue weighted by molar-refractivity contribution is 5.68. The van der Waals surface area contributed by atoms with Gasteiger partial charge in [-0.1, -0.05) is 90.9 Å². The largest absolute Gasteiger partial charge is 0.547 e. The molecule has 4 nitrogen and oxygen atoms in total. The van der Waals surface area contributed by atoms with Crippen molar-refractivity contribution >= 4 is 5.97 Å². The van der Waals surface area contributed by atoms with Crippen LogP contribution in [-0.2, 0) is 4.79 Å². The molecule has 0 saturated carbocycles. The van der Waals surface area contributed by atoms with Crippen LogP contribution in [0.15, 0.2) is 0 Å². The third kappa shape index (κ3) is 27.4. The van der Waals surface area contributed by atoms with Gasteiger partial charge in [0.05, 0.1) is 39.3 Å². The van der Waals surface area contributed by atoms with Crippen LogP contribution in [0.25, 0.3) is 0 Å². The predicted octanol–water partition coefficient (Wildman–Crippen LogP) is 5.46. The number of aliphatic hydroxyl groups is 1. The molecule has 0 aromatic rings. The first kappa shape index (κ1) is 30.6. The number of unbranched alkanes of at least 4 members (excludes halogenated alkanes) is 14. The van der Waals surface area contributed by atoms with Gasteiger partial charge in [0, 0.05) is 0 Å². The lowest BCUT2D eigenvalue weighted by Crippen LogP contribution is -2.41. The van der Waals surface area contributed by atoms with Gasteiger partial charge in [-0.25, -0.2) is 0 Å². The average molecular weight is 416 g/mol. The van der Waals surface area contributed by atoms with Gasteiger partial charge in [0.25, 0.3) is 0 Å². The molecule has 0 aliphatic heterocycles. The zero-order chi connectivity index (χ0) is 22.4. The molecule has 1 N–H and O–H groups in total. The molecule has 176 valence electrons. The number of aliphatic carboxylic acids is 1. The van der Waals surface area contributed by atoms with E-state index in [0.29, 0.717) is 0 Å². The Bertz CT molecular complexity index is 321. The van der Waals surface area contributed by atoms with Gasteiger partial charge in [-0.3, -0.25) is 0 Å². The molecule has 1 atom stereocenters. The van der Waals surface area contributed by atoms with Crippen molar-refractivity contribution in [3.05, 3.63) is 0 Å². The van der Waals surface area contributed by atoms with Crippen molar-refractivity contribution in [2.75, 3.05) is 27.2 Å². The maximum Gasteiger partial charge on any atom is 0.0905 e. The summed E-state index contributed by atoms with van der Waals surface area (Å²) in [5, 5.41) is 17.3. The molecule has 0 aliphatic carbocycles. The van der Waals surface area contributed by atoms with E-state index in [0.717, 1.165) is 6.92 Å². The SMILES string of the molecule is CCCCCCCCCC[N+](C)(C)CCCCCCCCCC.C[C@@H](O)C(=O)[O-]. The van der Waals surface area contributed by atoms with Crippen molar-refractivity contribution in [1.82, 2.24) is 0 Å². The van der Waals surface area contributed by atoms with Crippen LogP contribution in [0.2, 0.25) is 0 Å². The van der Waals surface area contributed by atoms with Crippen LogP contribution in [0.5, 0.6) is 0 Å². The smallest absolute Gasteiger partial charge is 0.0905 e. The lowest BCUT2D eigenvalue weighted by molar-refractivity contribution is -0.890. The first-order valence-corrected chi connectivity index (χ1v) is 12.5. The monoisotopic (exact) mass is 415 g/mol. The van der Waals surface area contributed by atoms with Crippen LogP contribution >= 0.6 is 0 Å². The highest BCUT2D eigenvalue weighted by Gasteiger charge is 2.13. The summed E-state index contributed by atoms with van der Waals surface area (Å²) in [6.45, 7) is 8.49. The van der Waals surface area contributed by atoms with Gasteiger partial charge in [0.2, 0.25) is 0 Å². The number of quaternary nitrogens is 1. The second-order valence-corrected chi connectivity index (χ2v) is 9.33. The minimum absolute atomic E-state index is 1.13. The van der Waals surface area contributed by atoms with Crippen molar-refractivity contribution in [2.45, 2.75) is 130 Å². The number of carbonyl (C=O) groups is 1. The number of carbonyl (C=O) groups excluding carboxylic acids is 1. The van der Waals surface area contributed by atoms with E-state index in [4.69, 9.17) is 5.11 Å². The molecule has 4 heteroatoms. The number of aliphatic hydroxyl groups excluding tert-OH is 1. The summed E-state index contributed by atoms with van der Waals surface area (Å²) in [5.41, 5.74) is 0. The maximum absolute atomic E-state index is 9.34. The van der Waals surface area contributed by atoms with Crippen molar-refractivity contribution in [3.8, 4) is 0 Å². The Hall–Kier alpha value is -0.610. The molecule has 0 bridgehead atoms. The highest BCUT2D eigenvalue weighted by Crippen LogP contribution is 2.13. The number of rotatable bonds is 19.